The van der Waals surface area contributed by atoms with Gasteiger partial charge in [-0.3, -0.25) is 4.99 Å². The maximum absolute atomic E-state index is 9.28. The average Bonchev–Trinajstić information content (AvgIpc) is 3.08. The molecular formula is C19H28IN3OS. The SMILES string of the molecule is CN=C(NCCCc1ccc(O)cc1)NCC(C)Cc1cccs1.I. The summed E-state index contributed by atoms with van der Waals surface area (Å²) in [5.74, 6) is 1.75. The molecule has 0 spiro atoms. The smallest absolute Gasteiger partial charge is 0.190 e. The lowest BCUT2D eigenvalue weighted by Crippen LogP contribution is -2.40. The summed E-state index contributed by atoms with van der Waals surface area (Å²) in [4.78, 5) is 5.71. The molecule has 2 rings (SSSR count). The van der Waals surface area contributed by atoms with Crippen molar-refractivity contribution in [2.75, 3.05) is 20.1 Å². The Bertz CT molecular complexity index is 614. The molecule has 0 aliphatic carbocycles. The normalized spacial score (nSPS) is 12.3. The average molecular weight is 473 g/mol. The molecule has 138 valence electrons. The Hall–Kier alpha value is -1.28. The summed E-state index contributed by atoms with van der Waals surface area (Å²) in [5.41, 5.74) is 1.24. The van der Waals surface area contributed by atoms with Crippen LogP contribution < -0.4 is 10.6 Å². The van der Waals surface area contributed by atoms with Gasteiger partial charge in [-0.25, -0.2) is 0 Å². The second-order valence-corrected chi connectivity index (χ2v) is 7.07. The monoisotopic (exact) mass is 473 g/mol. The van der Waals surface area contributed by atoms with Crippen molar-refractivity contribution in [3.63, 3.8) is 0 Å². The van der Waals surface area contributed by atoms with Crippen molar-refractivity contribution in [2.24, 2.45) is 10.9 Å². The van der Waals surface area contributed by atoms with E-state index in [1.165, 1.54) is 10.4 Å². The maximum atomic E-state index is 9.28. The molecule has 6 heteroatoms. The van der Waals surface area contributed by atoms with Gasteiger partial charge in [0, 0.05) is 25.0 Å². The van der Waals surface area contributed by atoms with Gasteiger partial charge < -0.3 is 15.7 Å². The Morgan fingerprint density at radius 1 is 1.20 bits per heavy atom. The van der Waals surface area contributed by atoms with E-state index < -0.39 is 0 Å². The number of aliphatic imine (C=N–C) groups is 1. The second kappa shape index (κ2) is 12.1. The van der Waals surface area contributed by atoms with E-state index in [9.17, 15) is 5.11 Å². The molecule has 3 N–H and O–H groups in total. The Morgan fingerprint density at radius 3 is 2.60 bits per heavy atom. The molecular weight excluding hydrogens is 445 g/mol. The number of halogens is 1. The number of guanidine groups is 1. The zero-order valence-electron chi connectivity index (χ0n) is 14.9. The van der Waals surface area contributed by atoms with Crippen LogP contribution in [0.15, 0.2) is 46.8 Å². The molecule has 1 aromatic heterocycles. The third kappa shape index (κ3) is 8.58. The van der Waals surface area contributed by atoms with Crippen molar-refractivity contribution < 1.29 is 5.11 Å². The van der Waals surface area contributed by atoms with Crippen molar-refractivity contribution in [2.45, 2.75) is 26.2 Å². The van der Waals surface area contributed by atoms with Crippen molar-refractivity contribution in [1.82, 2.24) is 10.6 Å². The molecule has 4 nitrogen and oxygen atoms in total. The largest absolute Gasteiger partial charge is 0.508 e. The zero-order chi connectivity index (χ0) is 17.2. The number of hydrogen-bond donors (Lipinski definition) is 3. The number of benzene rings is 1. The van der Waals surface area contributed by atoms with E-state index in [1.807, 2.05) is 23.5 Å². The van der Waals surface area contributed by atoms with E-state index in [0.29, 0.717) is 11.7 Å². The minimum absolute atomic E-state index is 0. The standard InChI is InChI=1S/C19H27N3OS.HI/c1-15(13-18-6-4-12-24-18)14-22-19(20-2)21-11-3-5-16-7-9-17(23)10-8-16;/h4,6-10,12,15,23H,3,5,11,13-14H2,1-2H3,(H2,20,21,22);1H. The van der Waals surface area contributed by atoms with Gasteiger partial charge in [0.2, 0.25) is 0 Å². The molecule has 1 atom stereocenters. The minimum atomic E-state index is 0. The van der Waals surface area contributed by atoms with E-state index in [2.05, 4.69) is 40.1 Å². The van der Waals surface area contributed by atoms with Crippen LogP contribution >= 0.6 is 35.3 Å². The fourth-order valence-corrected chi connectivity index (χ4v) is 3.37. The topological polar surface area (TPSA) is 56.7 Å². The maximum Gasteiger partial charge on any atom is 0.190 e. The summed E-state index contributed by atoms with van der Waals surface area (Å²) in [6, 6.07) is 11.7. The highest BCUT2D eigenvalue weighted by Gasteiger charge is 2.06. The number of phenolic OH excluding ortho intramolecular Hbond substituents is 1. The minimum Gasteiger partial charge on any atom is -0.508 e. The summed E-state index contributed by atoms with van der Waals surface area (Å²) in [6.07, 6.45) is 3.11. The Balaban J connectivity index is 0.00000312. The number of aryl methyl sites for hydroxylation is 1. The molecule has 1 unspecified atom stereocenters. The lowest BCUT2D eigenvalue weighted by atomic mass is 10.1. The number of nitrogens with zero attached hydrogens (tertiary/aromatic N) is 1. The Kier molecular flexibility index (Phi) is 10.6. The van der Waals surface area contributed by atoms with Crippen LogP contribution in [0.25, 0.3) is 0 Å². The summed E-state index contributed by atoms with van der Waals surface area (Å²) < 4.78 is 0. The fourth-order valence-electron chi connectivity index (χ4n) is 2.50. The van der Waals surface area contributed by atoms with Crippen molar-refractivity contribution in [1.29, 1.82) is 0 Å². The van der Waals surface area contributed by atoms with Crippen LogP contribution in [0, 0.1) is 5.92 Å². The molecule has 0 aliphatic rings. The fraction of sp³-hybridized carbons (Fsp3) is 0.421. The first kappa shape index (κ1) is 21.8. The molecule has 1 heterocycles. The van der Waals surface area contributed by atoms with Gasteiger partial charge >= 0.3 is 0 Å². The molecule has 0 bridgehead atoms. The lowest BCUT2D eigenvalue weighted by Gasteiger charge is -2.15. The van der Waals surface area contributed by atoms with Crippen LogP contribution in [0.1, 0.15) is 23.8 Å². The van der Waals surface area contributed by atoms with Crippen LogP contribution in [0.4, 0.5) is 0 Å². The highest BCUT2D eigenvalue weighted by molar-refractivity contribution is 14.0. The van der Waals surface area contributed by atoms with Crippen molar-refractivity contribution in [3.05, 3.63) is 52.2 Å². The van der Waals surface area contributed by atoms with E-state index in [0.717, 1.165) is 38.3 Å². The van der Waals surface area contributed by atoms with Gasteiger partial charge in [-0.1, -0.05) is 25.1 Å². The zero-order valence-corrected chi connectivity index (χ0v) is 18.0. The number of phenols is 1. The van der Waals surface area contributed by atoms with E-state index >= 15 is 0 Å². The van der Waals surface area contributed by atoms with Gasteiger partial charge in [-0.2, -0.15) is 0 Å². The number of nitrogens with one attached hydrogen (secondary N) is 2. The summed E-state index contributed by atoms with van der Waals surface area (Å²) in [6.45, 7) is 4.04. The van der Waals surface area contributed by atoms with Crippen LogP contribution in [0.5, 0.6) is 5.75 Å². The van der Waals surface area contributed by atoms with E-state index in [-0.39, 0.29) is 24.0 Å². The van der Waals surface area contributed by atoms with E-state index in [4.69, 9.17) is 0 Å². The van der Waals surface area contributed by atoms with Gasteiger partial charge in [-0.05, 0) is 54.3 Å². The van der Waals surface area contributed by atoms with Gasteiger partial charge in [0.1, 0.15) is 5.75 Å². The van der Waals surface area contributed by atoms with Gasteiger partial charge in [0.25, 0.3) is 0 Å². The number of thiophene rings is 1. The molecule has 25 heavy (non-hydrogen) atoms. The first-order valence-electron chi connectivity index (χ1n) is 8.42. The molecule has 0 saturated heterocycles. The quantitative estimate of drug-likeness (QED) is 0.235. The van der Waals surface area contributed by atoms with Crippen LogP contribution in [0.2, 0.25) is 0 Å². The first-order valence-corrected chi connectivity index (χ1v) is 9.30. The van der Waals surface area contributed by atoms with E-state index in [1.54, 1.807) is 19.2 Å². The molecule has 0 saturated carbocycles. The van der Waals surface area contributed by atoms with Gasteiger partial charge in [0.15, 0.2) is 5.96 Å². The first-order chi connectivity index (χ1) is 11.7. The second-order valence-electron chi connectivity index (χ2n) is 6.04. The predicted octanol–water partition coefficient (Wildman–Crippen LogP) is 4.05. The Morgan fingerprint density at radius 2 is 1.96 bits per heavy atom. The summed E-state index contributed by atoms with van der Waals surface area (Å²) in [7, 11) is 1.80. The van der Waals surface area contributed by atoms with Gasteiger partial charge in [-0.15, -0.1) is 35.3 Å². The summed E-state index contributed by atoms with van der Waals surface area (Å²) in [5, 5.41) is 18.2. The lowest BCUT2D eigenvalue weighted by molar-refractivity contribution is 0.475. The highest BCUT2D eigenvalue weighted by Crippen LogP contribution is 2.13. The molecule has 0 radical (unpaired) electrons. The molecule has 0 fully saturated rings. The van der Waals surface area contributed by atoms with Crippen LogP contribution in [-0.2, 0) is 12.8 Å². The third-order valence-corrected chi connectivity index (χ3v) is 4.74. The number of rotatable bonds is 8. The Labute approximate surface area is 171 Å². The molecule has 1 aromatic carbocycles. The third-order valence-electron chi connectivity index (χ3n) is 3.84. The van der Waals surface area contributed by atoms with Crippen molar-refractivity contribution in [3.8, 4) is 5.75 Å². The predicted molar refractivity (Wildman–Crippen MR) is 118 cm³/mol. The van der Waals surface area contributed by atoms with Gasteiger partial charge in [0.05, 0.1) is 0 Å². The summed E-state index contributed by atoms with van der Waals surface area (Å²) >= 11 is 1.82. The van der Waals surface area contributed by atoms with Crippen LogP contribution in [-0.4, -0.2) is 31.2 Å². The van der Waals surface area contributed by atoms with Crippen LogP contribution in [0.3, 0.4) is 0 Å². The molecule has 2 aromatic rings. The number of aromatic hydroxyl groups is 1. The molecule has 0 aliphatic heterocycles. The highest BCUT2D eigenvalue weighted by atomic mass is 127. The number of hydrogen-bond acceptors (Lipinski definition) is 3. The molecule has 0 amide bonds. The van der Waals surface area contributed by atoms with Crippen molar-refractivity contribution >= 4 is 41.3 Å².